The molecule has 1 heterocycles. The highest BCUT2D eigenvalue weighted by atomic mass is 35.5. The van der Waals surface area contributed by atoms with Crippen LogP contribution in [0.1, 0.15) is 32.9 Å². The van der Waals surface area contributed by atoms with Gasteiger partial charge in [0.2, 0.25) is 0 Å². The Hall–Kier alpha value is -3.77. The first-order chi connectivity index (χ1) is 16.4. The molecule has 7 heteroatoms. The monoisotopic (exact) mass is 475 g/mol. The lowest BCUT2D eigenvalue weighted by molar-refractivity contribution is 0.102. The summed E-state index contributed by atoms with van der Waals surface area (Å²) >= 11 is 6.11. The number of anilines is 1. The molecule has 0 bridgehead atoms. The second-order valence-electron chi connectivity index (χ2n) is 7.93. The molecule has 1 amide bonds. The fraction of sp³-hybridized carbons (Fsp3) is 0.185. The molecule has 0 atom stereocenters. The molecule has 0 fully saturated rings. The van der Waals surface area contributed by atoms with Gasteiger partial charge in [0.1, 0.15) is 6.61 Å². The molecular formula is C27H26ClN3O3. The Morgan fingerprint density at radius 1 is 0.971 bits per heavy atom. The molecule has 0 aliphatic heterocycles. The number of hydrogen-bond donors (Lipinski definition) is 1. The maximum absolute atomic E-state index is 13.0. The van der Waals surface area contributed by atoms with Crippen molar-refractivity contribution in [3.05, 3.63) is 106 Å². The molecule has 34 heavy (non-hydrogen) atoms. The van der Waals surface area contributed by atoms with Gasteiger partial charge in [0.25, 0.3) is 5.91 Å². The van der Waals surface area contributed by atoms with Crippen molar-refractivity contribution >= 4 is 23.2 Å². The number of methoxy groups -OCH3 is 1. The Morgan fingerprint density at radius 3 is 2.47 bits per heavy atom. The van der Waals surface area contributed by atoms with Crippen LogP contribution in [0.2, 0.25) is 5.02 Å². The van der Waals surface area contributed by atoms with Gasteiger partial charge in [-0.3, -0.25) is 9.48 Å². The highest BCUT2D eigenvalue weighted by Gasteiger charge is 2.16. The van der Waals surface area contributed by atoms with E-state index in [2.05, 4.69) is 10.4 Å². The number of aryl methyl sites for hydroxylation is 1. The summed E-state index contributed by atoms with van der Waals surface area (Å²) in [6.45, 7) is 4.71. The van der Waals surface area contributed by atoms with Crippen molar-refractivity contribution in [1.82, 2.24) is 9.78 Å². The first kappa shape index (κ1) is 23.4. The molecule has 6 nitrogen and oxygen atoms in total. The second-order valence-corrected chi connectivity index (χ2v) is 8.36. The number of ether oxygens (including phenoxy) is 2. The summed E-state index contributed by atoms with van der Waals surface area (Å²) in [5, 5.41) is 8.31. The van der Waals surface area contributed by atoms with Crippen LogP contribution in [0.15, 0.2) is 72.8 Å². The lowest BCUT2D eigenvalue weighted by atomic mass is 10.1. The van der Waals surface area contributed by atoms with Gasteiger partial charge in [-0.1, -0.05) is 48.0 Å². The van der Waals surface area contributed by atoms with Crippen LogP contribution in [0, 0.1) is 13.8 Å². The fourth-order valence-corrected chi connectivity index (χ4v) is 3.94. The van der Waals surface area contributed by atoms with Gasteiger partial charge in [-0.15, -0.1) is 0 Å². The third-order valence-electron chi connectivity index (χ3n) is 5.49. The molecule has 3 aromatic carbocycles. The zero-order chi connectivity index (χ0) is 24.1. The summed E-state index contributed by atoms with van der Waals surface area (Å²) in [6.07, 6.45) is 0. The highest BCUT2D eigenvalue weighted by Crippen LogP contribution is 2.27. The van der Waals surface area contributed by atoms with Crippen molar-refractivity contribution in [2.45, 2.75) is 27.0 Å². The number of rotatable bonds is 8. The van der Waals surface area contributed by atoms with E-state index in [-0.39, 0.29) is 5.91 Å². The minimum atomic E-state index is -0.201. The summed E-state index contributed by atoms with van der Waals surface area (Å²) < 4.78 is 13.1. The van der Waals surface area contributed by atoms with Crippen molar-refractivity contribution in [3.63, 3.8) is 0 Å². The molecule has 0 aliphatic carbocycles. The molecule has 1 aromatic heterocycles. The van der Waals surface area contributed by atoms with E-state index in [0.29, 0.717) is 40.9 Å². The molecule has 1 N–H and O–H groups in total. The van der Waals surface area contributed by atoms with E-state index in [9.17, 15) is 4.79 Å². The van der Waals surface area contributed by atoms with Crippen LogP contribution >= 0.6 is 11.6 Å². The number of nitrogens with zero attached hydrogens (tertiary/aromatic N) is 2. The minimum absolute atomic E-state index is 0.201. The largest absolute Gasteiger partial charge is 0.493 e. The Kier molecular flexibility index (Phi) is 7.18. The Morgan fingerprint density at radius 2 is 1.71 bits per heavy atom. The van der Waals surface area contributed by atoms with E-state index in [4.69, 9.17) is 21.1 Å². The predicted molar refractivity (Wildman–Crippen MR) is 134 cm³/mol. The fourth-order valence-electron chi connectivity index (χ4n) is 3.73. The molecule has 0 aliphatic rings. The summed E-state index contributed by atoms with van der Waals surface area (Å²) in [5.74, 6) is 1.11. The molecule has 4 rings (SSSR count). The van der Waals surface area contributed by atoms with Gasteiger partial charge in [0, 0.05) is 10.6 Å². The third-order valence-corrected chi connectivity index (χ3v) is 5.73. The van der Waals surface area contributed by atoms with Crippen molar-refractivity contribution in [2.24, 2.45) is 0 Å². The van der Waals surface area contributed by atoms with Gasteiger partial charge in [-0.2, -0.15) is 5.10 Å². The number of halogens is 1. The van der Waals surface area contributed by atoms with Crippen LogP contribution in [0.25, 0.3) is 0 Å². The van der Waals surface area contributed by atoms with Crippen molar-refractivity contribution < 1.29 is 14.3 Å². The van der Waals surface area contributed by atoms with Gasteiger partial charge in [0.05, 0.1) is 30.7 Å². The molecule has 4 aromatic rings. The number of aromatic nitrogens is 2. The standard InChI is InChI=1S/C27H26ClN3O3/c1-18-26(19(2)31(30-18)16-20-8-7-11-23(28)15-20)29-27(32)22-10-6-9-21(14-22)17-34-25-13-5-4-12-24(25)33-3/h4-15H,16-17H2,1-3H3,(H,29,32). The van der Waals surface area contributed by atoms with Crippen LogP contribution in [-0.4, -0.2) is 22.8 Å². The smallest absolute Gasteiger partial charge is 0.255 e. The third kappa shape index (κ3) is 5.41. The van der Waals surface area contributed by atoms with Gasteiger partial charge in [0.15, 0.2) is 11.5 Å². The molecular weight excluding hydrogens is 450 g/mol. The average Bonchev–Trinajstić information content (AvgIpc) is 3.10. The summed E-state index contributed by atoms with van der Waals surface area (Å²) in [6, 6.07) is 22.5. The first-order valence-electron chi connectivity index (χ1n) is 10.9. The number of hydrogen-bond acceptors (Lipinski definition) is 4. The topological polar surface area (TPSA) is 65.4 Å². The zero-order valence-corrected chi connectivity index (χ0v) is 20.1. The Bertz CT molecular complexity index is 1320. The molecule has 0 radical (unpaired) electrons. The van der Waals surface area contributed by atoms with Crippen LogP contribution < -0.4 is 14.8 Å². The summed E-state index contributed by atoms with van der Waals surface area (Å²) in [4.78, 5) is 13.0. The lowest BCUT2D eigenvalue weighted by Crippen LogP contribution is -2.14. The number of amides is 1. The molecule has 174 valence electrons. The number of benzene rings is 3. The molecule has 0 saturated heterocycles. The van der Waals surface area contributed by atoms with Crippen LogP contribution in [0.5, 0.6) is 11.5 Å². The first-order valence-corrected chi connectivity index (χ1v) is 11.3. The van der Waals surface area contributed by atoms with Gasteiger partial charge in [-0.05, 0) is 61.4 Å². The van der Waals surface area contributed by atoms with Crippen molar-refractivity contribution in [3.8, 4) is 11.5 Å². The van der Waals surface area contributed by atoms with E-state index in [1.54, 1.807) is 13.2 Å². The quantitative estimate of drug-likeness (QED) is 0.337. The maximum Gasteiger partial charge on any atom is 0.255 e. The summed E-state index contributed by atoms with van der Waals surface area (Å²) in [7, 11) is 1.61. The van der Waals surface area contributed by atoms with Crippen LogP contribution in [0.3, 0.4) is 0 Å². The van der Waals surface area contributed by atoms with Crippen LogP contribution in [-0.2, 0) is 13.2 Å². The number of carbonyl (C=O) groups excluding carboxylic acids is 1. The number of carbonyl (C=O) groups is 1. The van der Waals surface area contributed by atoms with Crippen molar-refractivity contribution in [1.29, 1.82) is 0 Å². The molecule has 0 unspecified atom stereocenters. The zero-order valence-electron chi connectivity index (χ0n) is 19.3. The average molecular weight is 476 g/mol. The summed E-state index contributed by atoms with van der Waals surface area (Å²) in [5.41, 5.74) is 4.80. The van der Waals surface area contributed by atoms with E-state index < -0.39 is 0 Å². The van der Waals surface area contributed by atoms with Crippen LogP contribution in [0.4, 0.5) is 5.69 Å². The normalized spacial score (nSPS) is 10.7. The van der Waals surface area contributed by atoms with Gasteiger partial charge in [-0.25, -0.2) is 0 Å². The Balaban J connectivity index is 1.46. The minimum Gasteiger partial charge on any atom is -0.493 e. The molecule has 0 saturated carbocycles. The second kappa shape index (κ2) is 10.4. The van der Waals surface area contributed by atoms with Crippen molar-refractivity contribution in [2.75, 3.05) is 12.4 Å². The SMILES string of the molecule is COc1ccccc1OCc1cccc(C(=O)Nc2c(C)nn(Cc3cccc(Cl)c3)c2C)c1. The van der Waals surface area contributed by atoms with Gasteiger partial charge < -0.3 is 14.8 Å². The number of para-hydroxylation sites is 2. The lowest BCUT2D eigenvalue weighted by Gasteiger charge is -2.11. The van der Waals surface area contributed by atoms with E-state index >= 15 is 0 Å². The maximum atomic E-state index is 13.0. The Labute approximate surface area is 204 Å². The molecule has 0 spiro atoms. The number of nitrogens with one attached hydrogen (secondary N) is 1. The van der Waals surface area contributed by atoms with Gasteiger partial charge >= 0.3 is 0 Å². The van der Waals surface area contributed by atoms with E-state index in [1.807, 2.05) is 85.3 Å². The van der Waals surface area contributed by atoms with E-state index in [1.165, 1.54) is 0 Å². The van der Waals surface area contributed by atoms with E-state index in [0.717, 1.165) is 22.5 Å². The highest BCUT2D eigenvalue weighted by molar-refractivity contribution is 6.30. The predicted octanol–water partition coefficient (Wildman–Crippen LogP) is 6.04.